The van der Waals surface area contributed by atoms with Crippen molar-refractivity contribution in [1.82, 2.24) is 25.5 Å². The van der Waals surface area contributed by atoms with Crippen LogP contribution in [0.25, 0.3) is 5.69 Å². The molecule has 33 heavy (non-hydrogen) atoms. The molecule has 176 valence electrons. The third-order valence-electron chi connectivity index (χ3n) is 3.92. The zero-order valence-corrected chi connectivity index (χ0v) is 18.2. The van der Waals surface area contributed by atoms with Crippen LogP contribution in [0.2, 0.25) is 0 Å². The quantitative estimate of drug-likeness (QED) is 0.328. The molecule has 1 aromatic heterocycles. The van der Waals surface area contributed by atoms with E-state index in [0.29, 0.717) is 29.7 Å². The van der Waals surface area contributed by atoms with E-state index in [0.717, 1.165) is 29.6 Å². The van der Waals surface area contributed by atoms with Gasteiger partial charge in [0.15, 0.2) is 0 Å². The summed E-state index contributed by atoms with van der Waals surface area (Å²) in [4.78, 5) is 12.1. The minimum absolute atomic E-state index is 0.0404. The summed E-state index contributed by atoms with van der Waals surface area (Å²) in [5.74, 6) is 0.841. The van der Waals surface area contributed by atoms with Gasteiger partial charge in [0, 0.05) is 0 Å². The highest BCUT2D eigenvalue weighted by Crippen LogP contribution is 2.25. The maximum atomic E-state index is 12.3. The molecule has 0 bridgehead atoms. The molecule has 1 heterocycles. The summed E-state index contributed by atoms with van der Waals surface area (Å²) < 4.78 is 52.9. The standard InChI is InChI=1S/C20H20F3N5O4S/c1-2-30-15-7-9-16(10-8-15)31-12-11-24-18(29)13-33-19-25-26-27-28(19)14-3-5-17(6-4-14)32-20(21,22)23/h3-10H,2,11-13H2,1H3,(H,24,29). The Morgan fingerprint density at radius 1 is 1.03 bits per heavy atom. The molecule has 9 nitrogen and oxygen atoms in total. The van der Waals surface area contributed by atoms with E-state index < -0.39 is 6.36 Å². The number of nitrogens with one attached hydrogen (secondary N) is 1. The lowest BCUT2D eigenvalue weighted by Crippen LogP contribution is -2.29. The third kappa shape index (κ3) is 7.86. The van der Waals surface area contributed by atoms with Crippen LogP contribution in [0.15, 0.2) is 53.7 Å². The van der Waals surface area contributed by atoms with E-state index in [1.165, 1.54) is 16.8 Å². The lowest BCUT2D eigenvalue weighted by atomic mass is 10.3. The van der Waals surface area contributed by atoms with Gasteiger partial charge in [0.05, 0.1) is 24.6 Å². The predicted molar refractivity (Wildman–Crippen MR) is 113 cm³/mol. The topological polar surface area (TPSA) is 100 Å². The highest BCUT2D eigenvalue weighted by atomic mass is 32.2. The van der Waals surface area contributed by atoms with Crippen LogP contribution >= 0.6 is 11.8 Å². The Morgan fingerprint density at radius 3 is 2.30 bits per heavy atom. The molecular formula is C20H20F3N5O4S. The fourth-order valence-electron chi connectivity index (χ4n) is 2.56. The van der Waals surface area contributed by atoms with E-state index in [1.54, 1.807) is 24.3 Å². The van der Waals surface area contributed by atoms with Gasteiger partial charge in [0.1, 0.15) is 23.9 Å². The SMILES string of the molecule is CCOc1ccc(OCCNC(=O)CSc2nnnn2-c2ccc(OC(F)(F)F)cc2)cc1. The number of ether oxygens (including phenoxy) is 3. The van der Waals surface area contributed by atoms with Gasteiger partial charge in [-0.3, -0.25) is 4.79 Å². The van der Waals surface area contributed by atoms with Crippen molar-refractivity contribution in [1.29, 1.82) is 0 Å². The van der Waals surface area contributed by atoms with E-state index in [2.05, 4.69) is 25.6 Å². The molecule has 3 rings (SSSR count). The number of benzene rings is 2. The summed E-state index contributed by atoms with van der Waals surface area (Å²) in [6, 6.07) is 12.2. The summed E-state index contributed by atoms with van der Waals surface area (Å²) in [6.07, 6.45) is -4.77. The highest BCUT2D eigenvalue weighted by molar-refractivity contribution is 7.99. The average molecular weight is 483 g/mol. The first-order valence-electron chi connectivity index (χ1n) is 9.74. The van der Waals surface area contributed by atoms with Crippen molar-refractivity contribution >= 4 is 17.7 Å². The molecular weight excluding hydrogens is 463 g/mol. The summed E-state index contributed by atoms with van der Waals surface area (Å²) in [6.45, 7) is 3.08. The predicted octanol–water partition coefficient (Wildman–Crippen LogP) is 3.25. The number of tetrazole rings is 1. The van der Waals surface area contributed by atoms with Gasteiger partial charge in [-0.2, -0.15) is 4.68 Å². The van der Waals surface area contributed by atoms with Gasteiger partial charge in [0.2, 0.25) is 11.1 Å². The third-order valence-corrected chi connectivity index (χ3v) is 4.84. The Balaban J connectivity index is 1.42. The van der Waals surface area contributed by atoms with Gasteiger partial charge in [-0.25, -0.2) is 0 Å². The average Bonchev–Trinajstić information content (AvgIpc) is 3.25. The molecule has 0 saturated carbocycles. The van der Waals surface area contributed by atoms with Crippen LogP contribution in [-0.2, 0) is 4.79 Å². The number of hydrogen-bond donors (Lipinski definition) is 1. The minimum atomic E-state index is -4.77. The van der Waals surface area contributed by atoms with Gasteiger partial charge >= 0.3 is 6.36 Å². The van der Waals surface area contributed by atoms with Crippen LogP contribution in [0.1, 0.15) is 6.92 Å². The van der Waals surface area contributed by atoms with E-state index in [1.807, 2.05) is 6.92 Å². The fourth-order valence-corrected chi connectivity index (χ4v) is 3.28. The molecule has 1 amide bonds. The maximum absolute atomic E-state index is 12.3. The van der Waals surface area contributed by atoms with E-state index in [-0.39, 0.29) is 24.0 Å². The van der Waals surface area contributed by atoms with Crippen LogP contribution in [0.5, 0.6) is 17.2 Å². The number of thioether (sulfide) groups is 1. The second kappa shape index (κ2) is 11.4. The normalized spacial score (nSPS) is 11.2. The second-order valence-corrected chi connectivity index (χ2v) is 7.25. The Hall–Kier alpha value is -3.48. The van der Waals surface area contributed by atoms with Crippen LogP contribution in [0, 0.1) is 0 Å². The Morgan fingerprint density at radius 2 is 1.67 bits per heavy atom. The molecule has 0 radical (unpaired) electrons. The van der Waals surface area contributed by atoms with Crippen molar-refractivity contribution in [3.05, 3.63) is 48.5 Å². The van der Waals surface area contributed by atoms with Crippen molar-refractivity contribution in [2.75, 3.05) is 25.5 Å². The molecule has 0 spiro atoms. The maximum Gasteiger partial charge on any atom is 0.573 e. The molecule has 2 aromatic carbocycles. The second-order valence-electron chi connectivity index (χ2n) is 6.31. The Kier molecular flexibility index (Phi) is 8.35. The van der Waals surface area contributed by atoms with Gasteiger partial charge < -0.3 is 19.5 Å². The number of rotatable bonds is 11. The van der Waals surface area contributed by atoms with Gasteiger partial charge in [-0.05, 0) is 65.9 Å². The molecule has 0 aliphatic heterocycles. The molecule has 0 atom stereocenters. The monoisotopic (exact) mass is 483 g/mol. The molecule has 3 aromatic rings. The number of alkyl halides is 3. The Labute approximate surface area is 191 Å². The zero-order chi connectivity index (χ0) is 23.7. The number of nitrogens with zero attached hydrogens (tertiary/aromatic N) is 4. The van der Waals surface area contributed by atoms with Crippen LogP contribution in [-0.4, -0.2) is 58.0 Å². The number of carbonyl (C=O) groups is 1. The van der Waals surface area contributed by atoms with Crippen molar-refractivity contribution < 1.29 is 32.2 Å². The molecule has 0 saturated heterocycles. The summed E-state index contributed by atoms with van der Waals surface area (Å²) in [5.41, 5.74) is 0.418. The van der Waals surface area contributed by atoms with Crippen molar-refractivity contribution in [3.8, 4) is 22.9 Å². The van der Waals surface area contributed by atoms with Crippen LogP contribution in [0.3, 0.4) is 0 Å². The number of hydrogen-bond acceptors (Lipinski definition) is 8. The summed E-state index contributed by atoms with van der Waals surface area (Å²) >= 11 is 1.08. The molecule has 0 fully saturated rings. The lowest BCUT2D eigenvalue weighted by Gasteiger charge is -2.10. The van der Waals surface area contributed by atoms with E-state index >= 15 is 0 Å². The summed E-state index contributed by atoms with van der Waals surface area (Å²) in [7, 11) is 0. The first kappa shape index (κ1) is 24.2. The Bertz CT molecular complexity index is 1030. The van der Waals surface area contributed by atoms with Gasteiger partial charge in [0.25, 0.3) is 0 Å². The smallest absolute Gasteiger partial charge is 0.494 e. The van der Waals surface area contributed by atoms with Crippen molar-refractivity contribution in [2.24, 2.45) is 0 Å². The number of carbonyl (C=O) groups excluding carboxylic acids is 1. The molecule has 0 aliphatic carbocycles. The van der Waals surface area contributed by atoms with Crippen molar-refractivity contribution in [3.63, 3.8) is 0 Å². The largest absolute Gasteiger partial charge is 0.573 e. The lowest BCUT2D eigenvalue weighted by molar-refractivity contribution is -0.274. The van der Waals surface area contributed by atoms with Crippen LogP contribution < -0.4 is 19.5 Å². The van der Waals surface area contributed by atoms with Crippen LogP contribution in [0.4, 0.5) is 13.2 Å². The molecule has 13 heteroatoms. The molecule has 0 unspecified atom stereocenters. The highest BCUT2D eigenvalue weighted by Gasteiger charge is 2.31. The first-order valence-corrected chi connectivity index (χ1v) is 10.7. The van der Waals surface area contributed by atoms with Crippen molar-refractivity contribution in [2.45, 2.75) is 18.4 Å². The number of aromatic nitrogens is 4. The molecule has 0 aliphatic rings. The van der Waals surface area contributed by atoms with E-state index in [9.17, 15) is 18.0 Å². The van der Waals surface area contributed by atoms with Gasteiger partial charge in [-0.15, -0.1) is 18.3 Å². The van der Waals surface area contributed by atoms with E-state index in [4.69, 9.17) is 9.47 Å². The molecule has 1 N–H and O–H groups in total. The number of amides is 1. The summed E-state index contributed by atoms with van der Waals surface area (Å²) in [5, 5.41) is 14.2. The van der Waals surface area contributed by atoms with Gasteiger partial charge in [-0.1, -0.05) is 11.8 Å². The number of halogens is 3. The fraction of sp³-hybridized carbons (Fsp3) is 0.300. The zero-order valence-electron chi connectivity index (χ0n) is 17.4. The minimum Gasteiger partial charge on any atom is -0.494 e. The first-order chi connectivity index (χ1) is 15.8.